The van der Waals surface area contributed by atoms with Gasteiger partial charge < -0.3 is 29.3 Å². The lowest BCUT2D eigenvalue weighted by Gasteiger charge is -2.39. The standard InChI is InChI=1S/C43H48ClN3O7/c1-5-7-18-35(49)45(4)28(3)38(30-16-12-9-13-17-30)53-42(52)36-34-23-24-43(54-34)37(36)40(50)47(33(27-48)26-29-14-10-8-11-15-29)39(43)41(51)46(25-6-2)32-21-19-31(44)20-22-32/h5-6,8-17,19-22,28,33-34,36-39,48H,1-2,7,18,23-27H2,3-4H3/t28-,33+,34+,36-,37-,38+,39+,43-/m0/s1. The van der Waals surface area contributed by atoms with Crippen molar-refractivity contribution < 1.29 is 33.8 Å². The minimum Gasteiger partial charge on any atom is -0.455 e. The summed E-state index contributed by atoms with van der Waals surface area (Å²) in [7, 11) is 1.68. The Morgan fingerprint density at radius 3 is 2.33 bits per heavy atom. The minimum atomic E-state index is -1.36. The molecule has 3 heterocycles. The lowest BCUT2D eigenvalue weighted by Crippen LogP contribution is -2.59. The number of anilines is 1. The number of aliphatic hydroxyl groups excluding tert-OH is 1. The molecule has 3 aliphatic rings. The van der Waals surface area contributed by atoms with Gasteiger partial charge in [-0.2, -0.15) is 0 Å². The fourth-order valence-electron chi connectivity index (χ4n) is 8.51. The average Bonchev–Trinajstić information content (AvgIpc) is 3.84. The van der Waals surface area contributed by atoms with Crippen LogP contribution < -0.4 is 4.90 Å². The molecule has 11 heteroatoms. The number of hydrogen-bond donors (Lipinski definition) is 1. The second-order valence-electron chi connectivity index (χ2n) is 14.4. The molecule has 0 radical (unpaired) electrons. The van der Waals surface area contributed by atoms with Crippen LogP contribution in [0.4, 0.5) is 5.69 Å². The van der Waals surface area contributed by atoms with E-state index in [0.29, 0.717) is 35.5 Å². The molecule has 0 unspecified atom stereocenters. The van der Waals surface area contributed by atoms with Crippen molar-refractivity contribution in [2.45, 2.75) is 75.0 Å². The third kappa shape index (κ3) is 7.34. The Morgan fingerprint density at radius 2 is 1.70 bits per heavy atom. The number of nitrogens with zero attached hydrogens (tertiary/aromatic N) is 3. The molecule has 0 saturated carbocycles. The second kappa shape index (κ2) is 16.7. The molecule has 3 saturated heterocycles. The van der Waals surface area contributed by atoms with Gasteiger partial charge in [0.1, 0.15) is 17.7 Å². The van der Waals surface area contributed by atoms with Crippen LogP contribution in [0, 0.1) is 11.8 Å². The van der Waals surface area contributed by atoms with Gasteiger partial charge in [-0.15, -0.1) is 13.2 Å². The summed E-state index contributed by atoms with van der Waals surface area (Å²) in [5.41, 5.74) is 0.761. The summed E-state index contributed by atoms with van der Waals surface area (Å²) in [6.07, 6.45) is 3.59. The largest absolute Gasteiger partial charge is 0.455 e. The van der Waals surface area contributed by atoms with E-state index in [1.807, 2.05) is 67.6 Å². The SMILES string of the molecule is C=CCCC(=O)N(C)[C@@H](C)[C@@H](OC(=O)[C@@H]1[C@H]2C(=O)N([C@@H](CO)Cc3ccccc3)[C@H](C(=O)N(CC=C)c3ccc(Cl)cc3)[C@]23CC[C@H]1O3)c1ccccc1. The molecular formula is C43H48ClN3O7. The fraction of sp³-hybridized carbons (Fsp3) is 0.395. The van der Waals surface area contributed by atoms with Gasteiger partial charge in [0, 0.05) is 30.7 Å². The molecule has 1 spiro atoms. The Bertz CT molecular complexity index is 1840. The Labute approximate surface area is 322 Å². The van der Waals surface area contributed by atoms with Crippen molar-refractivity contribution in [3.63, 3.8) is 0 Å². The van der Waals surface area contributed by atoms with Gasteiger partial charge in [0.25, 0.3) is 5.91 Å². The molecule has 3 aromatic rings. The molecule has 1 N–H and O–H groups in total. The van der Waals surface area contributed by atoms with Crippen LogP contribution in [0.5, 0.6) is 0 Å². The summed E-state index contributed by atoms with van der Waals surface area (Å²) in [6.45, 7) is 9.14. The molecule has 3 aliphatic heterocycles. The lowest BCUT2D eigenvalue weighted by molar-refractivity contribution is -0.165. The van der Waals surface area contributed by atoms with E-state index >= 15 is 4.79 Å². The summed E-state index contributed by atoms with van der Waals surface area (Å²) in [5, 5.41) is 11.4. The molecule has 2 bridgehead atoms. The summed E-state index contributed by atoms with van der Waals surface area (Å²) in [6, 6.07) is 23.0. The maximum atomic E-state index is 15.0. The predicted octanol–water partition coefficient (Wildman–Crippen LogP) is 5.93. The van der Waals surface area contributed by atoms with E-state index in [9.17, 15) is 19.5 Å². The number of amides is 3. The monoisotopic (exact) mass is 753 g/mol. The maximum Gasteiger partial charge on any atom is 0.313 e. The molecule has 10 nitrogen and oxygen atoms in total. The van der Waals surface area contributed by atoms with Gasteiger partial charge in [-0.3, -0.25) is 19.2 Å². The highest BCUT2D eigenvalue weighted by molar-refractivity contribution is 6.30. The summed E-state index contributed by atoms with van der Waals surface area (Å²) in [5.74, 6) is -3.68. The number of esters is 1. The van der Waals surface area contributed by atoms with Crippen molar-refractivity contribution in [1.82, 2.24) is 9.80 Å². The first-order valence-corrected chi connectivity index (χ1v) is 18.9. The highest BCUT2D eigenvalue weighted by atomic mass is 35.5. The van der Waals surface area contributed by atoms with Crippen LogP contribution in [0.15, 0.2) is 110 Å². The van der Waals surface area contributed by atoms with E-state index in [2.05, 4.69) is 13.2 Å². The van der Waals surface area contributed by atoms with Crippen LogP contribution in [0.3, 0.4) is 0 Å². The van der Waals surface area contributed by atoms with Crippen molar-refractivity contribution >= 4 is 41.0 Å². The zero-order chi connectivity index (χ0) is 38.6. The van der Waals surface area contributed by atoms with Gasteiger partial charge in [-0.25, -0.2) is 0 Å². The number of ether oxygens (including phenoxy) is 2. The van der Waals surface area contributed by atoms with Crippen molar-refractivity contribution in [2.24, 2.45) is 11.8 Å². The first-order valence-electron chi connectivity index (χ1n) is 18.5. The third-order valence-electron chi connectivity index (χ3n) is 11.3. The Kier molecular flexibility index (Phi) is 12.1. The molecule has 54 heavy (non-hydrogen) atoms. The lowest BCUT2D eigenvalue weighted by atomic mass is 9.70. The number of hydrogen-bond acceptors (Lipinski definition) is 7. The van der Waals surface area contributed by atoms with E-state index in [-0.39, 0.29) is 25.3 Å². The summed E-state index contributed by atoms with van der Waals surface area (Å²) < 4.78 is 13.1. The van der Waals surface area contributed by atoms with E-state index in [0.717, 1.165) is 5.56 Å². The van der Waals surface area contributed by atoms with Gasteiger partial charge in [0.05, 0.1) is 36.6 Å². The molecule has 284 valence electrons. The van der Waals surface area contributed by atoms with Crippen molar-refractivity contribution in [1.29, 1.82) is 0 Å². The molecule has 0 aromatic heterocycles. The molecule has 3 amide bonds. The molecule has 0 aliphatic carbocycles. The van der Waals surface area contributed by atoms with Crippen LogP contribution in [0.1, 0.15) is 49.8 Å². The number of likely N-dealkylation sites (N-methyl/N-ethyl adjacent to an activating group) is 1. The fourth-order valence-corrected chi connectivity index (χ4v) is 8.64. The first-order chi connectivity index (χ1) is 26.1. The van der Waals surface area contributed by atoms with Gasteiger partial charge >= 0.3 is 5.97 Å². The van der Waals surface area contributed by atoms with Gasteiger partial charge in [-0.05, 0) is 68.0 Å². The average molecular weight is 754 g/mol. The van der Waals surface area contributed by atoms with E-state index in [1.54, 1.807) is 48.4 Å². The molecule has 3 aromatic carbocycles. The predicted molar refractivity (Wildman–Crippen MR) is 206 cm³/mol. The first kappa shape index (κ1) is 38.9. The number of aliphatic hydroxyl groups is 1. The molecule has 8 atom stereocenters. The van der Waals surface area contributed by atoms with Crippen molar-refractivity contribution in [2.75, 3.05) is 25.1 Å². The smallest absolute Gasteiger partial charge is 0.313 e. The highest BCUT2D eigenvalue weighted by Gasteiger charge is 2.75. The topological polar surface area (TPSA) is 117 Å². The van der Waals surface area contributed by atoms with Crippen LogP contribution in [0.25, 0.3) is 0 Å². The number of allylic oxidation sites excluding steroid dienone is 1. The Balaban J connectivity index is 1.38. The van der Waals surface area contributed by atoms with Crippen LogP contribution in [-0.4, -0.2) is 88.6 Å². The number of halogens is 1. The number of fused-ring (bicyclic) bond motifs is 1. The van der Waals surface area contributed by atoms with Gasteiger partial charge in [0.15, 0.2) is 0 Å². The normalized spacial score (nSPS) is 24.3. The van der Waals surface area contributed by atoms with E-state index in [4.69, 9.17) is 21.1 Å². The van der Waals surface area contributed by atoms with Gasteiger partial charge in [0.2, 0.25) is 11.8 Å². The zero-order valence-corrected chi connectivity index (χ0v) is 31.5. The quantitative estimate of drug-likeness (QED) is 0.142. The van der Waals surface area contributed by atoms with E-state index < -0.39 is 72.2 Å². The number of likely N-dealkylation sites (tertiary alicyclic amines) is 1. The van der Waals surface area contributed by atoms with Gasteiger partial charge in [-0.1, -0.05) is 84.4 Å². The number of benzene rings is 3. The Hall–Kier alpha value is -4.77. The van der Waals surface area contributed by atoms with Crippen molar-refractivity contribution in [3.05, 3.63) is 126 Å². The summed E-state index contributed by atoms with van der Waals surface area (Å²) >= 11 is 6.20. The number of carbonyl (C=O) groups excluding carboxylic acids is 4. The minimum absolute atomic E-state index is 0.122. The third-order valence-corrected chi connectivity index (χ3v) is 11.5. The van der Waals surface area contributed by atoms with Crippen molar-refractivity contribution in [3.8, 4) is 0 Å². The number of carbonyl (C=O) groups is 4. The molecule has 3 fully saturated rings. The zero-order valence-electron chi connectivity index (χ0n) is 30.8. The second-order valence-corrected chi connectivity index (χ2v) is 14.8. The number of rotatable bonds is 16. The molecular weight excluding hydrogens is 706 g/mol. The van der Waals surface area contributed by atoms with Crippen LogP contribution in [0.2, 0.25) is 5.02 Å². The molecule has 6 rings (SSSR count). The maximum absolute atomic E-state index is 15.0. The van der Waals surface area contributed by atoms with Crippen LogP contribution >= 0.6 is 11.6 Å². The Morgan fingerprint density at radius 1 is 1.04 bits per heavy atom. The van der Waals surface area contributed by atoms with E-state index in [1.165, 1.54) is 9.80 Å². The highest BCUT2D eigenvalue weighted by Crippen LogP contribution is 2.59. The van der Waals surface area contributed by atoms with Crippen LogP contribution in [-0.2, 0) is 35.1 Å². The summed E-state index contributed by atoms with van der Waals surface area (Å²) in [4.78, 5) is 62.3.